The fourth-order valence-corrected chi connectivity index (χ4v) is 1.66. The highest BCUT2D eigenvalue weighted by atomic mass is 35.5. The number of rotatable bonds is 1. The van der Waals surface area contributed by atoms with Crippen LogP contribution in [0.2, 0.25) is 5.02 Å². The highest BCUT2D eigenvalue weighted by molar-refractivity contribution is 6.37. The Morgan fingerprint density at radius 1 is 1.47 bits per heavy atom. The highest BCUT2D eigenvalue weighted by Crippen LogP contribution is 2.30. The zero-order chi connectivity index (χ0) is 11.0. The summed E-state index contributed by atoms with van der Waals surface area (Å²) in [5.41, 5.74) is 1.55. The quantitative estimate of drug-likeness (QED) is 0.550. The number of nitro groups is 1. The third kappa shape index (κ3) is 1.64. The fraction of sp³-hybridized carbons (Fsp3) is 0.100. The summed E-state index contributed by atoms with van der Waals surface area (Å²) < 4.78 is 0. The van der Waals surface area contributed by atoms with Gasteiger partial charge in [-0.15, -0.1) is 0 Å². The average molecular weight is 223 g/mol. The summed E-state index contributed by atoms with van der Waals surface area (Å²) in [4.78, 5) is 14.1. The van der Waals surface area contributed by atoms with Crippen molar-refractivity contribution in [2.75, 3.05) is 0 Å². The molecule has 1 aromatic heterocycles. The monoisotopic (exact) mass is 222 g/mol. The number of hydrogen-bond donors (Lipinski definition) is 0. The normalized spacial score (nSPS) is 10.5. The molecule has 0 saturated carbocycles. The van der Waals surface area contributed by atoms with Gasteiger partial charge in [0.1, 0.15) is 11.2 Å². The first kappa shape index (κ1) is 9.86. The second kappa shape index (κ2) is 3.47. The van der Waals surface area contributed by atoms with Crippen LogP contribution in [0.25, 0.3) is 10.9 Å². The molecule has 0 fully saturated rings. The highest BCUT2D eigenvalue weighted by Gasteiger charge is 2.15. The average Bonchev–Trinajstić information content (AvgIpc) is 2.17. The van der Waals surface area contributed by atoms with Crippen LogP contribution in [0.5, 0.6) is 0 Å². The molecule has 76 valence electrons. The van der Waals surface area contributed by atoms with E-state index >= 15 is 0 Å². The van der Waals surface area contributed by atoms with Gasteiger partial charge in [-0.25, -0.2) is 4.98 Å². The predicted molar refractivity (Wildman–Crippen MR) is 58.1 cm³/mol. The summed E-state index contributed by atoms with van der Waals surface area (Å²) in [6, 6.07) is 5.43. The van der Waals surface area contributed by atoms with Gasteiger partial charge in [0.25, 0.3) is 0 Å². The first-order chi connectivity index (χ1) is 7.09. The molecule has 1 aromatic carbocycles. The lowest BCUT2D eigenvalue weighted by Gasteiger charge is -2.01. The van der Waals surface area contributed by atoms with Crippen molar-refractivity contribution < 1.29 is 4.92 Å². The number of hydrogen-bond acceptors (Lipinski definition) is 3. The number of aryl methyl sites for hydroxylation is 1. The van der Waals surface area contributed by atoms with Gasteiger partial charge in [-0.2, -0.15) is 0 Å². The molecular weight excluding hydrogens is 216 g/mol. The molecule has 0 aliphatic rings. The van der Waals surface area contributed by atoms with Crippen LogP contribution >= 0.6 is 11.6 Å². The van der Waals surface area contributed by atoms with Crippen LogP contribution in [0.15, 0.2) is 24.4 Å². The Kier molecular flexibility index (Phi) is 2.28. The van der Waals surface area contributed by atoms with Gasteiger partial charge in [-0.1, -0.05) is 23.7 Å². The molecule has 0 spiro atoms. The van der Waals surface area contributed by atoms with Gasteiger partial charge in [0, 0.05) is 5.39 Å². The van der Waals surface area contributed by atoms with Crippen LogP contribution in [-0.4, -0.2) is 9.91 Å². The van der Waals surface area contributed by atoms with Gasteiger partial charge in [-0.3, -0.25) is 10.1 Å². The lowest BCUT2D eigenvalue weighted by atomic mass is 10.1. The molecule has 5 heteroatoms. The van der Waals surface area contributed by atoms with E-state index < -0.39 is 4.92 Å². The molecule has 0 unspecified atom stereocenters. The molecule has 2 aromatic rings. The summed E-state index contributed by atoms with van der Waals surface area (Å²) in [6.45, 7) is 1.93. The number of fused-ring (bicyclic) bond motifs is 1. The largest absolute Gasteiger partial charge is 0.306 e. The second-order valence-corrected chi connectivity index (χ2v) is 3.61. The summed E-state index contributed by atoms with van der Waals surface area (Å²) in [5, 5.41) is 11.4. The number of pyridine rings is 1. The van der Waals surface area contributed by atoms with E-state index in [1.807, 2.05) is 19.1 Å². The molecule has 15 heavy (non-hydrogen) atoms. The minimum atomic E-state index is -0.533. The van der Waals surface area contributed by atoms with E-state index in [4.69, 9.17) is 11.6 Å². The number of aromatic nitrogens is 1. The third-order valence-corrected chi connectivity index (χ3v) is 2.53. The summed E-state index contributed by atoms with van der Waals surface area (Å²) >= 11 is 5.91. The Morgan fingerprint density at radius 3 is 2.87 bits per heavy atom. The van der Waals surface area contributed by atoms with Gasteiger partial charge in [0.05, 0.1) is 10.4 Å². The molecule has 1 heterocycles. The first-order valence-corrected chi connectivity index (χ1v) is 4.66. The van der Waals surface area contributed by atoms with Crippen molar-refractivity contribution in [1.82, 2.24) is 4.98 Å². The van der Waals surface area contributed by atoms with Crippen molar-refractivity contribution in [3.05, 3.63) is 45.1 Å². The van der Waals surface area contributed by atoms with Gasteiger partial charge in [0.2, 0.25) is 0 Å². The Labute approximate surface area is 90.7 Å². The first-order valence-electron chi connectivity index (χ1n) is 4.29. The van der Waals surface area contributed by atoms with Gasteiger partial charge in [0.15, 0.2) is 0 Å². The Morgan fingerprint density at radius 2 is 2.20 bits per heavy atom. The number of halogens is 1. The smallest absolute Gasteiger partial charge is 0.258 e. The topological polar surface area (TPSA) is 56.0 Å². The van der Waals surface area contributed by atoms with Gasteiger partial charge >= 0.3 is 5.69 Å². The molecule has 4 nitrogen and oxygen atoms in total. The third-order valence-electron chi connectivity index (χ3n) is 2.14. The lowest BCUT2D eigenvalue weighted by Crippen LogP contribution is -1.92. The SMILES string of the molecule is Cc1ccc2c(Cl)c([N+](=O)[O-])cnc2c1. The summed E-state index contributed by atoms with van der Waals surface area (Å²) in [6.07, 6.45) is 1.18. The van der Waals surface area contributed by atoms with Crippen molar-refractivity contribution in [2.45, 2.75) is 6.92 Å². The number of nitrogens with zero attached hydrogens (tertiary/aromatic N) is 2. The maximum Gasteiger partial charge on any atom is 0.306 e. The van der Waals surface area contributed by atoms with E-state index in [-0.39, 0.29) is 10.7 Å². The molecular formula is C10H7ClN2O2. The zero-order valence-electron chi connectivity index (χ0n) is 7.90. The number of benzene rings is 1. The Hall–Kier alpha value is -1.68. The van der Waals surface area contributed by atoms with E-state index in [1.165, 1.54) is 6.20 Å². The van der Waals surface area contributed by atoms with Crippen molar-refractivity contribution in [1.29, 1.82) is 0 Å². The second-order valence-electron chi connectivity index (χ2n) is 3.24. The van der Waals surface area contributed by atoms with Crippen molar-refractivity contribution in [2.24, 2.45) is 0 Å². The Bertz CT molecular complexity index is 554. The van der Waals surface area contributed by atoms with E-state index in [9.17, 15) is 10.1 Å². The van der Waals surface area contributed by atoms with E-state index in [1.54, 1.807) is 6.07 Å². The standard InChI is InChI=1S/C10H7ClN2O2/c1-6-2-3-7-8(4-6)12-5-9(10(7)11)13(14)15/h2-5H,1H3. The van der Waals surface area contributed by atoms with Crippen molar-refractivity contribution >= 4 is 28.2 Å². The minimum absolute atomic E-state index is 0.144. The van der Waals surface area contributed by atoms with E-state index in [0.29, 0.717) is 10.9 Å². The maximum absolute atomic E-state index is 10.6. The molecule has 0 aliphatic carbocycles. The molecule has 0 bridgehead atoms. The molecule has 0 N–H and O–H groups in total. The summed E-state index contributed by atoms with van der Waals surface area (Å²) in [5.74, 6) is 0. The lowest BCUT2D eigenvalue weighted by molar-refractivity contribution is -0.384. The van der Waals surface area contributed by atoms with Crippen LogP contribution in [0.1, 0.15) is 5.56 Å². The zero-order valence-corrected chi connectivity index (χ0v) is 8.65. The van der Waals surface area contributed by atoms with Crippen LogP contribution < -0.4 is 0 Å². The predicted octanol–water partition coefficient (Wildman–Crippen LogP) is 3.10. The van der Waals surface area contributed by atoms with Gasteiger partial charge < -0.3 is 0 Å². The van der Waals surface area contributed by atoms with Crippen molar-refractivity contribution in [3.8, 4) is 0 Å². The molecule has 0 amide bonds. The van der Waals surface area contributed by atoms with Gasteiger partial charge in [-0.05, 0) is 18.6 Å². The van der Waals surface area contributed by atoms with Crippen molar-refractivity contribution in [3.63, 3.8) is 0 Å². The molecule has 0 atom stereocenters. The van der Waals surface area contributed by atoms with E-state index in [2.05, 4.69) is 4.98 Å². The maximum atomic E-state index is 10.6. The van der Waals surface area contributed by atoms with Crippen LogP contribution in [-0.2, 0) is 0 Å². The molecule has 0 saturated heterocycles. The molecule has 0 aliphatic heterocycles. The summed E-state index contributed by atoms with van der Waals surface area (Å²) in [7, 11) is 0. The Balaban J connectivity index is 2.80. The fourth-order valence-electron chi connectivity index (χ4n) is 1.39. The van der Waals surface area contributed by atoms with Crippen LogP contribution in [0.3, 0.4) is 0 Å². The molecule has 0 radical (unpaired) electrons. The molecule has 2 rings (SSSR count). The van der Waals surface area contributed by atoms with E-state index in [0.717, 1.165) is 5.56 Å². The minimum Gasteiger partial charge on any atom is -0.258 e. The van der Waals surface area contributed by atoms with Crippen LogP contribution in [0.4, 0.5) is 5.69 Å². The van der Waals surface area contributed by atoms with Crippen LogP contribution in [0, 0.1) is 17.0 Å².